The predicted molar refractivity (Wildman–Crippen MR) is 55.3 cm³/mol. The SMILES string of the molecule is CNC(C=C(C)C)CCSC. The number of thioether (sulfide) groups is 1. The lowest BCUT2D eigenvalue weighted by atomic mass is 10.1. The summed E-state index contributed by atoms with van der Waals surface area (Å²) in [6, 6.07) is 0.562. The van der Waals surface area contributed by atoms with E-state index >= 15 is 0 Å². The molecule has 0 amide bonds. The second-order valence-corrected chi connectivity index (χ2v) is 3.91. The number of hydrogen-bond donors (Lipinski definition) is 1. The molecule has 0 aliphatic heterocycles. The van der Waals surface area contributed by atoms with Gasteiger partial charge in [0.2, 0.25) is 0 Å². The smallest absolute Gasteiger partial charge is 0.0257 e. The first-order chi connectivity index (χ1) is 5.20. The van der Waals surface area contributed by atoms with E-state index in [0.29, 0.717) is 6.04 Å². The molecule has 1 atom stereocenters. The van der Waals surface area contributed by atoms with Crippen LogP contribution in [0, 0.1) is 0 Å². The average molecular weight is 173 g/mol. The van der Waals surface area contributed by atoms with Gasteiger partial charge < -0.3 is 5.32 Å². The third kappa shape index (κ3) is 6.45. The van der Waals surface area contributed by atoms with Gasteiger partial charge in [0.05, 0.1) is 0 Å². The normalized spacial score (nSPS) is 12.7. The number of likely N-dealkylation sites (N-methyl/N-ethyl adjacent to an activating group) is 1. The van der Waals surface area contributed by atoms with Crippen LogP contribution in [0.3, 0.4) is 0 Å². The quantitative estimate of drug-likeness (QED) is 0.640. The Hall–Kier alpha value is 0.0500. The van der Waals surface area contributed by atoms with E-state index in [0.717, 1.165) is 0 Å². The maximum absolute atomic E-state index is 3.28. The van der Waals surface area contributed by atoms with Gasteiger partial charge in [-0.25, -0.2) is 0 Å². The standard InChI is InChI=1S/C9H19NS/c1-8(2)7-9(10-3)5-6-11-4/h7,9-10H,5-6H2,1-4H3. The summed E-state index contributed by atoms with van der Waals surface area (Å²) >= 11 is 1.90. The highest BCUT2D eigenvalue weighted by molar-refractivity contribution is 7.98. The molecule has 1 nitrogen and oxygen atoms in total. The van der Waals surface area contributed by atoms with Crippen LogP contribution in [0.2, 0.25) is 0 Å². The van der Waals surface area contributed by atoms with E-state index in [1.54, 1.807) is 0 Å². The van der Waals surface area contributed by atoms with Crippen LogP contribution in [0.5, 0.6) is 0 Å². The fourth-order valence-corrected chi connectivity index (χ4v) is 1.45. The molecular weight excluding hydrogens is 154 g/mol. The molecule has 66 valence electrons. The van der Waals surface area contributed by atoms with Crippen LogP contribution in [0.4, 0.5) is 0 Å². The van der Waals surface area contributed by atoms with Crippen molar-refractivity contribution in [2.24, 2.45) is 0 Å². The van der Waals surface area contributed by atoms with Crippen molar-refractivity contribution in [3.8, 4) is 0 Å². The highest BCUT2D eigenvalue weighted by Crippen LogP contribution is 2.03. The second kappa shape index (κ2) is 6.74. The minimum atomic E-state index is 0.562. The molecule has 0 spiro atoms. The van der Waals surface area contributed by atoms with E-state index in [2.05, 4.69) is 31.5 Å². The molecule has 2 heteroatoms. The van der Waals surface area contributed by atoms with Gasteiger partial charge >= 0.3 is 0 Å². The first-order valence-electron chi connectivity index (χ1n) is 4.02. The molecule has 0 radical (unpaired) electrons. The van der Waals surface area contributed by atoms with Crippen molar-refractivity contribution in [3.63, 3.8) is 0 Å². The van der Waals surface area contributed by atoms with Crippen molar-refractivity contribution in [1.29, 1.82) is 0 Å². The molecule has 1 N–H and O–H groups in total. The van der Waals surface area contributed by atoms with Crippen molar-refractivity contribution in [1.82, 2.24) is 5.32 Å². The van der Waals surface area contributed by atoms with Gasteiger partial charge in [-0.3, -0.25) is 0 Å². The molecule has 0 saturated heterocycles. The molecule has 0 fully saturated rings. The fourth-order valence-electron chi connectivity index (χ4n) is 0.958. The van der Waals surface area contributed by atoms with Gasteiger partial charge in [0, 0.05) is 6.04 Å². The van der Waals surface area contributed by atoms with Gasteiger partial charge in [0.15, 0.2) is 0 Å². The summed E-state index contributed by atoms with van der Waals surface area (Å²) < 4.78 is 0. The highest BCUT2D eigenvalue weighted by Gasteiger charge is 1.99. The Kier molecular flexibility index (Phi) is 6.77. The van der Waals surface area contributed by atoms with Crippen molar-refractivity contribution in [2.75, 3.05) is 19.1 Å². The monoisotopic (exact) mass is 173 g/mol. The van der Waals surface area contributed by atoms with Gasteiger partial charge in [-0.15, -0.1) is 0 Å². The van der Waals surface area contributed by atoms with Crippen molar-refractivity contribution >= 4 is 11.8 Å². The maximum Gasteiger partial charge on any atom is 0.0257 e. The second-order valence-electron chi connectivity index (χ2n) is 2.92. The van der Waals surface area contributed by atoms with Crippen LogP contribution in [0.25, 0.3) is 0 Å². The Morgan fingerprint density at radius 2 is 2.18 bits per heavy atom. The lowest BCUT2D eigenvalue weighted by Gasteiger charge is -2.10. The van der Waals surface area contributed by atoms with Crippen molar-refractivity contribution < 1.29 is 0 Å². The number of nitrogens with one attached hydrogen (secondary N) is 1. The molecule has 0 aromatic rings. The van der Waals surface area contributed by atoms with Crippen molar-refractivity contribution in [2.45, 2.75) is 26.3 Å². The molecule has 0 aromatic heterocycles. The third-order valence-electron chi connectivity index (χ3n) is 1.54. The number of rotatable bonds is 5. The fraction of sp³-hybridized carbons (Fsp3) is 0.778. The highest BCUT2D eigenvalue weighted by atomic mass is 32.2. The van der Waals surface area contributed by atoms with Crippen LogP contribution in [0.1, 0.15) is 20.3 Å². The van der Waals surface area contributed by atoms with E-state index in [-0.39, 0.29) is 0 Å². The Balaban J connectivity index is 3.67. The van der Waals surface area contributed by atoms with Gasteiger partial charge in [-0.05, 0) is 39.3 Å². The van der Waals surface area contributed by atoms with Crippen LogP contribution < -0.4 is 5.32 Å². The Labute approximate surface area is 74.6 Å². The molecule has 0 bridgehead atoms. The molecule has 0 aliphatic carbocycles. The van der Waals surface area contributed by atoms with Crippen molar-refractivity contribution in [3.05, 3.63) is 11.6 Å². The Bertz CT molecular complexity index is 117. The van der Waals surface area contributed by atoms with Gasteiger partial charge in [-0.1, -0.05) is 11.6 Å². The molecule has 0 aromatic carbocycles. The van der Waals surface area contributed by atoms with Gasteiger partial charge in [0.25, 0.3) is 0 Å². The summed E-state index contributed by atoms with van der Waals surface area (Å²) in [5, 5.41) is 3.28. The lowest BCUT2D eigenvalue weighted by molar-refractivity contribution is 0.649. The minimum absolute atomic E-state index is 0.562. The Morgan fingerprint density at radius 3 is 2.55 bits per heavy atom. The molecule has 0 saturated carbocycles. The average Bonchev–Trinajstić information content (AvgIpc) is 1.97. The maximum atomic E-state index is 3.28. The summed E-state index contributed by atoms with van der Waals surface area (Å²) in [4.78, 5) is 0. The molecule has 0 aliphatic rings. The van der Waals surface area contributed by atoms with E-state index in [1.165, 1.54) is 17.7 Å². The van der Waals surface area contributed by atoms with Gasteiger partial charge in [-0.2, -0.15) is 11.8 Å². The van der Waals surface area contributed by atoms with Crippen LogP contribution >= 0.6 is 11.8 Å². The van der Waals surface area contributed by atoms with E-state index in [1.807, 2.05) is 18.8 Å². The largest absolute Gasteiger partial charge is 0.314 e. The zero-order valence-corrected chi connectivity index (χ0v) is 8.79. The van der Waals surface area contributed by atoms with E-state index in [9.17, 15) is 0 Å². The van der Waals surface area contributed by atoms with Gasteiger partial charge in [0.1, 0.15) is 0 Å². The molecule has 11 heavy (non-hydrogen) atoms. The van der Waals surface area contributed by atoms with E-state index < -0.39 is 0 Å². The van der Waals surface area contributed by atoms with Crippen LogP contribution in [0.15, 0.2) is 11.6 Å². The summed E-state index contributed by atoms with van der Waals surface area (Å²) in [5.74, 6) is 1.23. The lowest BCUT2D eigenvalue weighted by Crippen LogP contribution is -2.23. The summed E-state index contributed by atoms with van der Waals surface area (Å²) in [6.07, 6.45) is 5.66. The first kappa shape index (κ1) is 11.1. The topological polar surface area (TPSA) is 12.0 Å². The molecular formula is C9H19NS. The van der Waals surface area contributed by atoms with Crippen LogP contribution in [-0.2, 0) is 0 Å². The summed E-state index contributed by atoms with van der Waals surface area (Å²) in [6.45, 7) is 4.28. The summed E-state index contributed by atoms with van der Waals surface area (Å²) in [7, 11) is 2.02. The molecule has 0 heterocycles. The number of hydrogen-bond acceptors (Lipinski definition) is 2. The minimum Gasteiger partial charge on any atom is -0.314 e. The van der Waals surface area contributed by atoms with Crippen LogP contribution in [-0.4, -0.2) is 25.1 Å². The zero-order valence-electron chi connectivity index (χ0n) is 7.98. The third-order valence-corrected chi connectivity index (χ3v) is 2.18. The molecule has 0 rings (SSSR count). The predicted octanol–water partition coefficient (Wildman–Crippen LogP) is 2.29. The summed E-state index contributed by atoms with van der Waals surface area (Å²) in [5.41, 5.74) is 1.39. The van der Waals surface area contributed by atoms with E-state index in [4.69, 9.17) is 0 Å². The molecule has 1 unspecified atom stereocenters. The Morgan fingerprint density at radius 1 is 1.55 bits per heavy atom. The number of allylic oxidation sites excluding steroid dienone is 1. The first-order valence-corrected chi connectivity index (χ1v) is 5.41. The zero-order chi connectivity index (χ0) is 8.69.